The second-order valence-electron chi connectivity index (χ2n) is 6.83. The van der Waals surface area contributed by atoms with Gasteiger partial charge in [-0.1, -0.05) is 12.1 Å². The predicted octanol–water partition coefficient (Wildman–Crippen LogP) is -0.509. The number of hydrogen-bond acceptors (Lipinski definition) is 8. The maximum atomic E-state index is 13.0. The summed E-state index contributed by atoms with van der Waals surface area (Å²) in [5.41, 5.74) is -4.07. The molecule has 4 atom stereocenters. The van der Waals surface area contributed by atoms with Gasteiger partial charge in [-0.3, -0.25) is 9.59 Å². The van der Waals surface area contributed by atoms with Crippen molar-refractivity contribution in [3.63, 3.8) is 0 Å². The highest BCUT2D eigenvalue weighted by molar-refractivity contribution is 6.29. The fourth-order valence-corrected chi connectivity index (χ4v) is 3.86. The van der Waals surface area contributed by atoms with E-state index >= 15 is 0 Å². The van der Waals surface area contributed by atoms with Crippen molar-refractivity contribution in [2.24, 2.45) is 0 Å². The van der Waals surface area contributed by atoms with Crippen LogP contribution in [0, 0.1) is 11.5 Å². The number of hydrogen-bond donors (Lipinski definition) is 5. The fraction of sp³-hybridized carbons (Fsp3) is 0.278. The first-order chi connectivity index (χ1) is 12.6. The van der Waals surface area contributed by atoms with Crippen molar-refractivity contribution in [1.29, 1.82) is 5.26 Å². The zero-order valence-electron chi connectivity index (χ0n) is 13.9. The molecule has 0 bridgehead atoms. The zero-order valence-corrected chi connectivity index (χ0v) is 13.9. The highest BCUT2D eigenvalue weighted by Gasteiger charge is 2.54. The van der Waals surface area contributed by atoms with Gasteiger partial charge in [-0.05, 0) is 13.0 Å². The summed E-state index contributed by atoms with van der Waals surface area (Å²) in [4.78, 5) is 26.0. The lowest BCUT2D eigenvalue weighted by Gasteiger charge is -2.41. The van der Waals surface area contributed by atoms with Crippen molar-refractivity contribution in [1.82, 2.24) is 4.57 Å². The van der Waals surface area contributed by atoms with E-state index in [-0.39, 0.29) is 27.9 Å². The van der Waals surface area contributed by atoms with Crippen LogP contribution in [0.5, 0.6) is 5.75 Å². The minimum absolute atomic E-state index is 0.126. The number of aromatic nitrogens is 1. The maximum absolute atomic E-state index is 13.0. The molecule has 5 N–H and O–H groups in total. The molecule has 1 aromatic carbocycles. The van der Waals surface area contributed by atoms with Gasteiger partial charge in [0.15, 0.2) is 12.0 Å². The minimum Gasteiger partial charge on any atom is -0.507 e. The summed E-state index contributed by atoms with van der Waals surface area (Å²) in [5, 5.41) is 61.2. The van der Waals surface area contributed by atoms with Crippen LogP contribution in [0.1, 0.15) is 62.4 Å². The quantitative estimate of drug-likeness (QED) is 0.353. The zero-order chi connectivity index (χ0) is 19.8. The SMILES string of the molecule is C[C@]1(O)[C@@H](O)c2c(c3c(n2C#N)C(=O)c2c(O)cccc2C3=O)[C@@H](O)[C@@H]1O. The molecule has 0 fully saturated rings. The van der Waals surface area contributed by atoms with Crippen LogP contribution in [-0.4, -0.2) is 53.4 Å². The van der Waals surface area contributed by atoms with Gasteiger partial charge in [0.2, 0.25) is 5.78 Å². The Bertz CT molecular complexity index is 1080. The second-order valence-corrected chi connectivity index (χ2v) is 6.83. The van der Waals surface area contributed by atoms with E-state index in [1.165, 1.54) is 18.2 Å². The molecule has 1 heterocycles. The first kappa shape index (κ1) is 17.4. The summed E-state index contributed by atoms with van der Waals surface area (Å²) < 4.78 is 0.661. The number of phenols is 1. The van der Waals surface area contributed by atoms with E-state index in [0.29, 0.717) is 4.57 Å². The number of aliphatic hydroxyl groups excluding tert-OH is 3. The summed E-state index contributed by atoms with van der Waals surface area (Å²) >= 11 is 0. The van der Waals surface area contributed by atoms with E-state index in [1.54, 1.807) is 6.19 Å². The molecule has 0 saturated heterocycles. The smallest absolute Gasteiger partial charge is 0.215 e. The second kappa shape index (κ2) is 5.25. The molecule has 2 aromatic rings. The highest BCUT2D eigenvalue weighted by atomic mass is 16.4. The molecule has 0 aliphatic heterocycles. The van der Waals surface area contributed by atoms with E-state index in [1.807, 2.05) is 0 Å². The number of benzene rings is 1. The van der Waals surface area contributed by atoms with Crippen LogP contribution < -0.4 is 0 Å². The third-order valence-electron chi connectivity index (χ3n) is 5.31. The van der Waals surface area contributed by atoms with Crippen molar-refractivity contribution in [3.05, 3.63) is 51.8 Å². The molecule has 2 aliphatic rings. The Hall–Kier alpha value is -3.03. The van der Waals surface area contributed by atoms with E-state index in [4.69, 9.17) is 0 Å². The predicted molar refractivity (Wildman–Crippen MR) is 87.0 cm³/mol. The molecule has 9 heteroatoms. The number of nitriles is 1. The number of aromatic hydroxyl groups is 1. The molecule has 1 aromatic heterocycles. The molecule has 0 unspecified atom stereocenters. The van der Waals surface area contributed by atoms with Crippen molar-refractivity contribution in [3.8, 4) is 11.9 Å². The van der Waals surface area contributed by atoms with Gasteiger partial charge in [0.25, 0.3) is 0 Å². The van der Waals surface area contributed by atoms with E-state index in [2.05, 4.69) is 0 Å². The number of phenolic OH excluding ortho intramolecular Hbond substituents is 1. The van der Waals surface area contributed by atoms with Gasteiger partial charge in [0, 0.05) is 11.1 Å². The molecule has 0 amide bonds. The first-order valence-electron chi connectivity index (χ1n) is 8.01. The Kier molecular flexibility index (Phi) is 3.38. The third-order valence-corrected chi connectivity index (χ3v) is 5.31. The Morgan fingerprint density at radius 1 is 1.15 bits per heavy atom. The Morgan fingerprint density at radius 3 is 2.44 bits per heavy atom. The summed E-state index contributed by atoms with van der Waals surface area (Å²) in [7, 11) is 0. The minimum atomic E-state index is -2.23. The van der Waals surface area contributed by atoms with Crippen molar-refractivity contribution >= 4 is 11.6 Å². The Labute approximate surface area is 152 Å². The monoisotopic (exact) mass is 370 g/mol. The first-order valence-corrected chi connectivity index (χ1v) is 8.01. The topological polar surface area (TPSA) is 164 Å². The van der Waals surface area contributed by atoms with Crippen LogP contribution in [0.4, 0.5) is 0 Å². The lowest BCUT2D eigenvalue weighted by atomic mass is 9.75. The van der Waals surface area contributed by atoms with Crippen molar-refractivity contribution < 1.29 is 35.1 Å². The number of ketones is 2. The standard InChI is InChI=1S/C18H14N2O7/c1-18(27)16(25)12-10(15(24)17(18)26)9-11(20(12)5-19)14(23)8-6(13(9)22)3-2-4-7(8)21/h2-4,15-17,21,24-27H,1H3/t15-,16+,17+,18+/m1/s1. The number of rotatable bonds is 0. The summed E-state index contributed by atoms with van der Waals surface area (Å²) in [6.07, 6.45) is -3.88. The molecule has 2 aliphatic carbocycles. The normalized spacial score (nSPS) is 29.0. The van der Waals surface area contributed by atoms with E-state index < -0.39 is 46.9 Å². The highest BCUT2D eigenvalue weighted by Crippen LogP contribution is 2.48. The molecule has 138 valence electrons. The summed E-state index contributed by atoms with van der Waals surface area (Å²) in [6, 6.07) is 3.89. The lowest BCUT2D eigenvalue weighted by Crippen LogP contribution is -2.52. The molecular formula is C18H14N2O7. The van der Waals surface area contributed by atoms with Crippen LogP contribution in [0.2, 0.25) is 0 Å². The third kappa shape index (κ3) is 1.90. The molecule has 27 heavy (non-hydrogen) atoms. The summed E-state index contributed by atoms with van der Waals surface area (Å²) in [6.45, 7) is 1.06. The van der Waals surface area contributed by atoms with Gasteiger partial charge >= 0.3 is 0 Å². The summed E-state index contributed by atoms with van der Waals surface area (Å²) in [5.74, 6) is -2.05. The molecule has 4 rings (SSSR count). The average Bonchev–Trinajstić information content (AvgIpc) is 2.98. The van der Waals surface area contributed by atoms with Crippen LogP contribution in [0.15, 0.2) is 18.2 Å². The number of carbonyl (C=O) groups is 2. The van der Waals surface area contributed by atoms with Crippen LogP contribution >= 0.6 is 0 Å². The van der Waals surface area contributed by atoms with E-state index in [9.17, 15) is 40.4 Å². The van der Waals surface area contributed by atoms with Crippen LogP contribution in [0.3, 0.4) is 0 Å². The van der Waals surface area contributed by atoms with Crippen LogP contribution in [0.25, 0.3) is 0 Å². The number of fused-ring (bicyclic) bond motifs is 4. The van der Waals surface area contributed by atoms with Crippen LogP contribution in [-0.2, 0) is 0 Å². The van der Waals surface area contributed by atoms with Crippen molar-refractivity contribution in [2.45, 2.75) is 30.8 Å². The van der Waals surface area contributed by atoms with Gasteiger partial charge < -0.3 is 25.5 Å². The lowest BCUT2D eigenvalue weighted by molar-refractivity contribution is -0.183. The Balaban J connectivity index is 2.13. The van der Waals surface area contributed by atoms with Crippen molar-refractivity contribution in [2.75, 3.05) is 0 Å². The molecule has 0 spiro atoms. The van der Waals surface area contributed by atoms with Gasteiger partial charge in [-0.2, -0.15) is 5.26 Å². The largest absolute Gasteiger partial charge is 0.507 e. The number of aliphatic hydroxyl groups is 4. The molecule has 0 saturated carbocycles. The van der Waals surface area contributed by atoms with Gasteiger partial charge in [-0.15, -0.1) is 0 Å². The molecular weight excluding hydrogens is 356 g/mol. The average molecular weight is 370 g/mol. The number of nitrogens with zero attached hydrogens (tertiary/aromatic N) is 2. The van der Waals surface area contributed by atoms with Gasteiger partial charge in [0.1, 0.15) is 35.4 Å². The fourth-order valence-electron chi connectivity index (χ4n) is 3.86. The molecule has 9 nitrogen and oxygen atoms in total. The van der Waals surface area contributed by atoms with Gasteiger partial charge in [0.05, 0.1) is 16.8 Å². The maximum Gasteiger partial charge on any atom is 0.215 e. The molecule has 0 radical (unpaired) electrons. The Morgan fingerprint density at radius 2 is 1.81 bits per heavy atom. The number of carbonyl (C=O) groups excluding carboxylic acids is 2. The van der Waals surface area contributed by atoms with Gasteiger partial charge in [-0.25, -0.2) is 4.57 Å². The van der Waals surface area contributed by atoms with E-state index in [0.717, 1.165) is 6.92 Å².